The number of nitrogens with two attached hydrogens (primary N) is 1. The molecule has 4 N–H and O–H groups in total. The van der Waals surface area contributed by atoms with Crippen LogP contribution in [0.4, 0.5) is 5.69 Å². The maximum atomic E-state index is 11.7. The molecule has 19 heavy (non-hydrogen) atoms. The van der Waals surface area contributed by atoms with Gasteiger partial charge in [-0.2, -0.15) is 4.99 Å². The summed E-state index contributed by atoms with van der Waals surface area (Å²) in [5.74, 6) is -0.555. The number of amides is 1. The van der Waals surface area contributed by atoms with E-state index in [1.807, 2.05) is 0 Å². The summed E-state index contributed by atoms with van der Waals surface area (Å²) in [4.78, 5) is 28.3. The SMILES string of the molecule is CNC(N)=NC(=O)c1cc2cc([N+](=O)[O-])ccc2[nH]1. The fourth-order valence-corrected chi connectivity index (χ4v) is 1.57. The monoisotopic (exact) mass is 261 g/mol. The summed E-state index contributed by atoms with van der Waals surface area (Å²) in [6, 6.07) is 5.78. The van der Waals surface area contributed by atoms with Crippen molar-refractivity contribution >= 4 is 28.5 Å². The number of nitrogens with one attached hydrogen (secondary N) is 2. The zero-order valence-corrected chi connectivity index (χ0v) is 10.0. The van der Waals surface area contributed by atoms with Crippen LogP contribution < -0.4 is 11.1 Å². The number of carbonyl (C=O) groups is 1. The Bertz CT molecular complexity index is 689. The molecule has 0 aliphatic carbocycles. The number of aromatic amines is 1. The van der Waals surface area contributed by atoms with E-state index in [0.717, 1.165) is 0 Å². The van der Waals surface area contributed by atoms with Crippen LogP contribution in [0.3, 0.4) is 0 Å². The van der Waals surface area contributed by atoms with Crippen LogP contribution >= 0.6 is 0 Å². The first kappa shape index (κ1) is 12.6. The number of hydrogen-bond acceptors (Lipinski definition) is 3. The number of benzene rings is 1. The summed E-state index contributed by atoms with van der Waals surface area (Å²) in [5.41, 5.74) is 6.18. The third-order valence-corrected chi connectivity index (χ3v) is 2.52. The number of nitro benzene ring substituents is 1. The third kappa shape index (κ3) is 2.51. The van der Waals surface area contributed by atoms with Crippen LogP contribution in [0.1, 0.15) is 10.5 Å². The van der Waals surface area contributed by atoms with E-state index in [4.69, 9.17) is 5.73 Å². The predicted octanol–water partition coefficient (Wildman–Crippen LogP) is 0.750. The lowest BCUT2D eigenvalue weighted by Gasteiger charge is -1.95. The molecule has 0 bridgehead atoms. The molecule has 0 radical (unpaired) electrons. The van der Waals surface area contributed by atoms with Crippen LogP contribution in [0.5, 0.6) is 0 Å². The Morgan fingerprint density at radius 1 is 1.47 bits per heavy atom. The highest BCUT2D eigenvalue weighted by atomic mass is 16.6. The Hall–Kier alpha value is -2.90. The summed E-state index contributed by atoms with van der Waals surface area (Å²) >= 11 is 0. The molecule has 1 heterocycles. The predicted molar refractivity (Wildman–Crippen MR) is 70.0 cm³/mol. The highest BCUT2D eigenvalue weighted by Crippen LogP contribution is 2.21. The molecule has 0 unspecified atom stereocenters. The average Bonchev–Trinajstić information content (AvgIpc) is 2.81. The Morgan fingerprint density at radius 3 is 2.84 bits per heavy atom. The van der Waals surface area contributed by atoms with E-state index in [1.54, 1.807) is 7.05 Å². The van der Waals surface area contributed by atoms with Crippen LogP contribution in [0.15, 0.2) is 29.3 Å². The van der Waals surface area contributed by atoms with Crippen molar-refractivity contribution in [1.82, 2.24) is 10.3 Å². The summed E-state index contributed by atoms with van der Waals surface area (Å²) in [5, 5.41) is 13.7. The van der Waals surface area contributed by atoms with Crippen molar-refractivity contribution in [2.45, 2.75) is 0 Å². The lowest BCUT2D eigenvalue weighted by molar-refractivity contribution is -0.384. The first-order chi connectivity index (χ1) is 9.01. The van der Waals surface area contributed by atoms with Crippen LogP contribution in [-0.2, 0) is 0 Å². The van der Waals surface area contributed by atoms with Gasteiger partial charge in [-0.05, 0) is 12.1 Å². The molecule has 0 atom stereocenters. The average molecular weight is 261 g/mol. The van der Waals surface area contributed by atoms with Gasteiger partial charge in [-0.15, -0.1) is 0 Å². The molecule has 0 aliphatic heterocycles. The summed E-state index contributed by atoms with van der Waals surface area (Å²) in [6.45, 7) is 0. The Balaban J connectivity index is 2.42. The van der Waals surface area contributed by atoms with Crippen molar-refractivity contribution in [2.24, 2.45) is 10.7 Å². The maximum absolute atomic E-state index is 11.7. The second kappa shape index (κ2) is 4.77. The third-order valence-electron chi connectivity index (χ3n) is 2.52. The van der Waals surface area contributed by atoms with Gasteiger partial charge in [-0.25, -0.2) is 0 Å². The normalized spacial score (nSPS) is 11.5. The maximum Gasteiger partial charge on any atom is 0.296 e. The fraction of sp³-hybridized carbons (Fsp3) is 0.0909. The van der Waals surface area contributed by atoms with Crippen LogP contribution in [0.2, 0.25) is 0 Å². The van der Waals surface area contributed by atoms with Gasteiger partial charge in [0.1, 0.15) is 5.69 Å². The smallest absolute Gasteiger partial charge is 0.296 e. The van der Waals surface area contributed by atoms with Gasteiger partial charge < -0.3 is 16.0 Å². The Labute approximate surface area is 107 Å². The number of rotatable bonds is 2. The zero-order chi connectivity index (χ0) is 14.0. The van der Waals surface area contributed by atoms with Crippen LogP contribution in [0, 0.1) is 10.1 Å². The fourth-order valence-electron chi connectivity index (χ4n) is 1.57. The molecule has 1 aromatic carbocycles. The summed E-state index contributed by atoms with van der Waals surface area (Å²) in [7, 11) is 1.54. The number of H-pyrrole nitrogens is 1. The molecular formula is C11H11N5O3. The van der Waals surface area contributed by atoms with E-state index >= 15 is 0 Å². The van der Waals surface area contributed by atoms with Gasteiger partial charge in [0.15, 0.2) is 5.96 Å². The number of hydrogen-bond donors (Lipinski definition) is 3. The zero-order valence-electron chi connectivity index (χ0n) is 10.0. The van der Waals surface area contributed by atoms with Crippen LogP contribution in [0.25, 0.3) is 10.9 Å². The van der Waals surface area contributed by atoms with E-state index in [-0.39, 0.29) is 17.3 Å². The van der Waals surface area contributed by atoms with E-state index in [1.165, 1.54) is 24.3 Å². The molecule has 0 fully saturated rings. The molecule has 98 valence electrons. The molecule has 1 amide bonds. The molecule has 8 heteroatoms. The summed E-state index contributed by atoms with van der Waals surface area (Å²) in [6.07, 6.45) is 0. The Kier molecular flexibility index (Phi) is 3.15. The highest BCUT2D eigenvalue weighted by molar-refractivity contribution is 6.04. The molecule has 2 rings (SSSR count). The quantitative estimate of drug-likeness (QED) is 0.318. The number of carbonyl (C=O) groups excluding carboxylic acids is 1. The molecule has 8 nitrogen and oxygen atoms in total. The lowest BCUT2D eigenvalue weighted by atomic mass is 10.2. The number of non-ortho nitro benzene ring substituents is 1. The number of fused-ring (bicyclic) bond motifs is 1. The first-order valence-electron chi connectivity index (χ1n) is 5.34. The molecular weight excluding hydrogens is 250 g/mol. The molecule has 0 saturated heterocycles. The van der Waals surface area contributed by atoms with Crippen molar-refractivity contribution in [2.75, 3.05) is 7.05 Å². The van der Waals surface area contributed by atoms with Crippen molar-refractivity contribution in [1.29, 1.82) is 0 Å². The van der Waals surface area contributed by atoms with E-state index in [2.05, 4.69) is 15.3 Å². The van der Waals surface area contributed by atoms with E-state index in [0.29, 0.717) is 10.9 Å². The minimum Gasteiger partial charge on any atom is -0.370 e. The van der Waals surface area contributed by atoms with Gasteiger partial charge >= 0.3 is 0 Å². The van der Waals surface area contributed by atoms with Gasteiger partial charge in [0.25, 0.3) is 11.6 Å². The van der Waals surface area contributed by atoms with E-state index < -0.39 is 10.8 Å². The Morgan fingerprint density at radius 2 is 2.21 bits per heavy atom. The van der Waals surface area contributed by atoms with Crippen molar-refractivity contribution < 1.29 is 9.72 Å². The number of guanidine groups is 1. The minimum absolute atomic E-state index is 0.00497. The van der Waals surface area contributed by atoms with Gasteiger partial charge in [0.05, 0.1) is 4.92 Å². The van der Waals surface area contributed by atoms with E-state index in [9.17, 15) is 14.9 Å². The van der Waals surface area contributed by atoms with Crippen molar-refractivity contribution in [3.63, 3.8) is 0 Å². The van der Waals surface area contributed by atoms with Crippen molar-refractivity contribution in [3.05, 3.63) is 40.1 Å². The van der Waals surface area contributed by atoms with Gasteiger partial charge in [0, 0.05) is 30.1 Å². The second-order valence-electron chi connectivity index (χ2n) is 3.76. The van der Waals surface area contributed by atoms with Gasteiger partial charge in [-0.1, -0.05) is 0 Å². The standard InChI is InChI=1S/C11H11N5O3/c1-13-11(12)15-10(17)9-5-6-4-7(16(18)19)2-3-8(6)14-9/h2-5,14H,1H3,(H3,12,13,15,17). The molecule has 2 aromatic rings. The van der Waals surface area contributed by atoms with Gasteiger partial charge in [0.2, 0.25) is 0 Å². The van der Waals surface area contributed by atoms with Crippen LogP contribution in [-0.4, -0.2) is 28.8 Å². The largest absolute Gasteiger partial charge is 0.370 e. The molecule has 1 aromatic heterocycles. The topological polar surface area (TPSA) is 126 Å². The number of nitro groups is 1. The number of nitrogens with zero attached hydrogens (tertiary/aromatic N) is 2. The number of aliphatic imine (C=N–C) groups is 1. The second-order valence-corrected chi connectivity index (χ2v) is 3.76. The van der Waals surface area contributed by atoms with Crippen molar-refractivity contribution in [3.8, 4) is 0 Å². The molecule has 0 aliphatic rings. The molecule has 0 saturated carbocycles. The molecule has 0 spiro atoms. The number of aromatic nitrogens is 1. The summed E-state index contributed by atoms with van der Waals surface area (Å²) < 4.78 is 0. The minimum atomic E-state index is -0.550. The first-order valence-corrected chi connectivity index (χ1v) is 5.34. The lowest BCUT2D eigenvalue weighted by Crippen LogP contribution is -2.28. The highest BCUT2D eigenvalue weighted by Gasteiger charge is 2.12. The van der Waals surface area contributed by atoms with Gasteiger partial charge in [-0.3, -0.25) is 14.9 Å².